The molecular weight excluding hydrogens is 435 g/mol. The molecular formula is C22H25FN4O2S2. The van der Waals surface area contributed by atoms with E-state index in [-0.39, 0.29) is 4.90 Å². The number of piperidine rings is 1. The van der Waals surface area contributed by atoms with Crippen molar-refractivity contribution < 1.29 is 12.8 Å². The molecule has 0 aliphatic carbocycles. The van der Waals surface area contributed by atoms with Crippen molar-refractivity contribution in [1.29, 1.82) is 0 Å². The number of nitrogens with zero attached hydrogens (tertiary/aromatic N) is 2. The van der Waals surface area contributed by atoms with E-state index in [4.69, 9.17) is 0 Å². The molecule has 31 heavy (non-hydrogen) atoms. The Morgan fingerprint density at radius 3 is 2.61 bits per heavy atom. The van der Waals surface area contributed by atoms with Crippen molar-refractivity contribution in [2.45, 2.75) is 30.2 Å². The average molecular weight is 461 g/mol. The van der Waals surface area contributed by atoms with Gasteiger partial charge < -0.3 is 10.2 Å². The van der Waals surface area contributed by atoms with Gasteiger partial charge in [-0.2, -0.15) is 0 Å². The van der Waals surface area contributed by atoms with Crippen LogP contribution in [0.1, 0.15) is 18.5 Å². The van der Waals surface area contributed by atoms with Crippen molar-refractivity contribution in [2.75, 3.05) is 29.3 Å². The smallest absolute Gasteiger partial charge is 0.261 e. The van der Waals surface area contributed by atoms with E-state index in [1.165, 1.54) is 12.1 Å². The molecule has 0 unspecified atom stereocenters. The molecule has 164 valence electrons. The van der Waals surface area contributed by atoms with E-state index < -0.39 is 15.8 Å². The first kappa shape index (κ1) is 21.7. The maximum atomic E-state index is 13.1. The molecule has 0 spiro atoms. The lowest BCUT2D eigenvalue weighted by Crippen LogP contribution is -2.43. The quantitative estimate of drug-likeness (QED) is 0.534. The Labute approximate surface area is 186 Å². The van der Waals surface area contributed by atoms with Crippen molar-refractivity contribution >= 4 is 32.7 Å². The van der Waals surface area contributed by atoms with Gasteiger partial charge in [0.05, 0.1) is 21.8 Å². The van der Waals surface area contributed by atoms with Crippen LogP contribution in [0.2, 0.25) is 0 Å². The average Bonchev–Trinajstić information content (AvgIpc) is 3.28. The molecule has 1 saturated heterocycles. The van der Waals surface area contributed by atoms with Gasteiger partial charge in [0.25, 0.3) is 10.0 Å². The van der Waals surface area contributed by atoms with E-state index in [0.29, 0.717) is 11.7 Å². The molecule has 1 aliphatic rings. The Morgan fingerprint density at radius 1 is 1.13 bits per heavy atom. The number of thiazole rings is 1. The third-order valence-electron chi connectivity index (χ3n) is 5.38. The highest BCUT2D eigenvalue weighted by Gasteiger charge is 2.20. The third-order valence-corrected chi connectivity index (χ3v) is 7.41. The summed E-state index contributed by atoms with van der Waals surface area (Å²) in [6.45, 7) is 2.74. The van der Waals surface area contributed by atoms with E-state index in [1.54, 1.807) is 17.4 Å². The number of halogens is 1. The van der Waals surface area contributed by atoms with Gasteiger partial charge in [-0.1, -0.05) is 6.07 Å². The first-order chi connectivity index (χ1) is 15.0. The molecule has 0 amide bonds. The van der Waals surface area contributed by atoms with Crippen LogP contribution in [0.3, 0.4) is 0 Å². The lowest BCUT2D eigenvalue weighted by Gasteiger charge is -2.34. The zero-order valence-corrected chi connectivity index (χ0v) is 18.6. The van der Waals surface area contributed by atoms with E-state index >= 15 is 0 Å². The molecule has 1 aliphatic heterocycles. The van der Waals surface area contributed by atoms with Crippen LogP contribution in [-0.2, 0) is 16.4 Å². The number of benzene rings is 2. The van der Waals surface area contributed by atoms with Gasteiger partial charge in [-0.3, -0.25) is 4.72 Å². The number of nitrogens with one attached hydrogen (secondary N) is 2. The molecule has 1 aromatic heterocycles. The summed E-state index contributed by atoms with van der Waals surface area (Å²) >= 11 is 1.62. The minimum absolute atomic E-state index is 0.0313. The van der Waals surface area contributed by atoms with Gasteiger partial charge in [0.1, 0.15) is 5.82 Å². The highest BCUT2D eigenvalue weighted by molar-refractivity contribution is 7.92. The van der Waals surface area contributed by atoms with Gasteiger partial charge in [0.15, 0.2) is 0 Å². The van der Waals surface area contributed by atoms with Gasteiger partial charge >= 0.3 is 0 Å². The van der Waals surface area contributed by atoms with Gasteiger partial charge in [0, 0.05) is 43.2 Å². The Morgan fingerprint density at radius 2 is 1.90 bits per heavy atom. The summed E-state index contributed by atoms with van der Waals surface area (Å²) in [5.74, 6) is -0.470. The molecule has 2 heterocycles. The highest BCUT2D eigenvalue weighted by atomic mass is 32.2. The van der Waals surface area contributed by atoms with Crippen LogP contribution in [0, 0.1) is 5.82 Å². The van der Waals surface area contributed by atoms with Crippen molar-refractivity contribution in [3.8, 4) is 0 Å². The first-order valence-electron chi connectivity index (χ1n) is 10.2. The van der Waals surface area contributed by atoms with Crippen molar-refractivity contribution in [2.24, 2.45) is 0 Å². The van der Waals surface area contributed by atoms with E-state index in [9.17, 15) is 12.8 Å². The molecule has 0 saturated carbocycles. The fourth-order valence-corrected chi connectivity index (χ4v) is 5.34. The number of hydrogen-bond acceptors (Lipinski definition) is 6. The van der Waals surface area contributed by atoms with Crippen LogP contribution in [0.5, 0.6) is 0 Å². The lowest BCUT2D eigenvalue weighted by atomic mass is 10.0. The summed E-state index contributed by atoms with van der Waals surface area (Å²) in [7, 11) is -3.76. The van der Waals surface area contributed by atoms with E-state index in [0.717, 1.165) is 62.4 Å². The largest absolute Gasteiger partial charge is 0.371 e. The molecule has 4 rings (SSSR count). The summed E-state index contributed by atoms with van der Waals surface area (Å²) < 4.78 is 40.8. The maximum Gasteiger partial charge on any atom is 0.261 e. The van der Waals surface area contributed by atoms with Gasteiger partial charge in [-0.15, -0.1) is 11.3 Å². The minimum atomic E-state index is -3.76. The number of aromatic nitrogens is 1. The third kappa shape index (κ3) is 5.81. The number of sulfonamides is 1. The molecule has 0 radical (unpaired) electrons. The van der Waals surface area contributed by atoms with Crippen molar-refractivity contribution in [1.82, 2.24) is 10.3 Å². The molecule has 9 heteroatoms. The topological polar surface area (TPSA) is 74.3 Å². The Hall–Kier alpha value is -2.49. The van der Waals surface area contributed by atoms with Crippen LogP contribution in [0.15, 0.2) is 64.3 Å². The Balaban J connectivity index is 1.32. The summed E-state index contributed by atoms with van der Waals surface area (Å²) in [5, 5.41) is 5.70. The number of anilines is 2. The number of rotatable bonds is 8. The second kappa shape index (κ2) is 9.76. The first-order valence-corrected chi connectivity index (χ1v) is 12.7. The standard InChI is InChI=1S/C22H25FN4O2S2/c23-17-4-6-22(7-5-17)31(28,29)26-19-2-1-3-21(14-19)27-12-9-18(10-13-27)24-11-8-20-15-30-16-25-20/h1-7,14-16,18,24,26H,8-13H2. The van der Waals surface area contributed by atoms with Crippen molar-refractivity contribution in [3.05, 3.63) is 70.9 Å². The fraction of sp³-hybridized carbons (Fsp3) is 0.318. The fourth-order valence-electron chi connectivity index (χ4n) is 3.70. The predicted octanol–water partition coefficient (Wildman–Crippen LogP) is 3.88. The van der Waals surface area contributed by atoms with Crippen LogP contribution >= 0.6 is 11.3 Å². The van der Waals surface area contributed by atoms with Gasteiger partial charge in [0.2, 0.25) is 0 Å². The van der Waals surface area contributed by atoms with Gasteiger partial charge in [-0.05, 0) is 55.3 Å². The summed E-state index contributed by atoms with van der Waals surface area (Å²) in [6.07, 6.45) is 3.01. The predicted molar refractivity (Wildman–Crippen MR) is 123 cm³/mol. The molecule has 1 fully saturated rings. The molecule has 3 aromatic rings. The van der Waals surface area contributed by atoms with E-state index in [2.05, 4.69) is 25.3 Å². The van der Waals surface area contributed by atoms with Crippen LogP contribution < -0.4 is 14.9 Å². The second-order valence-corrected chi connectivity index (χ2v) is 9.96. The van der Waals surface area contributed by atoms with Crippen molar-refractivity contribution in [3.63, 3.8) is 0 Å². The SMILES string of the molecule is O=S(=O)(Nc1cccc(N2CCC(NCCc3cscn3)CC2)c1)c1ccc(F)cc1. The summed E-state index contributed by atoms with van der Waals surface area (Å²) in [4.78, 5) is 6.62. The monoisotopic (exact) mass is 460 g/mol. The maximum absolute atomic E-state index is 13.1. The second-order valence-electron chi connectivity index (χ2n) is 7.55. The summed E-state index contributed by atoms with van der Waals surface area (Å²) in [6, 6.07) is 12.7. The van der Waals surface area contributed by atoms with Crippen LogP contribution in [-0.4, -0.2) is 39.1 Å². The van der Waals surface area contributed by atoms with Crippen LogP contribution in [0.25, 0.3) is 0 Å². The zero-order valence-electron chi connectivity index (χ0n) is 17.0. The molecule has 2 N–H and O–H groups in total. The van der Waals surface area contributed by atoms with E-state index in [1.807, 2.05) is 23.7 Å². The highest BCUT2D eigenvalue weighted by Crippen LogP contribution is 2.25. The number of hydrogen-bond donors (Lipinski definition) is 2. The Bertz CT molecular complexity index is 1080. The van der Waals surface area contributed by atoms with Crippen LogP contribution in [0.4, 0.5) is 15.8 Å². The molecule has 0 bridgehead atoms. The molecule has 0 atom stereocenters. The Kier molecular flexibility index (Phi) is 6.84. The normalized spacial score (nSPS) is 15.2. The molecule has 6 nitrogen and oxygen atoms in total. The zero-order chi connectivity index (χ0) is 21.7. The summed E-state index contributed by atoms with van der Waals surface area (Å²) in [5.41, 5.74) is 4.47. The minimum Gasteiger partial charge on any atom is -0.371 e. The molecule has 2 aromatic carbocycles. The lowest BCUT2D eigenvalue weighted by molar-refractivity contribution is 0.417. The van der Waals surface area contributed by atoms with Gasteiger partial charge in [-0.25, -0.2) is 17.8 Å².